The van der Waals surface area contributed by atoms with Crippen LogP contribution in [0.25, 0.3) is 0 Å². The van der Waals surface area contributed by atoms with Crippen LogP contribution in [0.4, 0.5) is 0 Å². The number of thioether (sulfide) groups is 1. The van der Waals surface area contributed by atoms with Gasteiger partial charge in [0.15, 0.2) is 6.10 Å². The predicted molar refractivity (Wildman–Crippen MR) is 64.0 cm³/mol. The second-order valence-electron chi connectivity index (χ2n) is 4.47. The van der Waals surface area contributed by atoms with Crippen LogP contribution >= 0.6 is 11.8 Å². The molecule has 5 nitrogen and oxygen atoms in total. The number of rotatable bonds is 4. The van der Waals surface area contributed by atoms with Crippen molar-refractivity contribution in [2.75, 3.05) is 18.1 Å². The van der Waals surface area contributed by atoms with Gasteiger partial charge in [0, 0.05) is 18.2 Å². The van der Waals surface area contributed by atoms with Crippen LogP contribution in [0.15, 0.2) is 0 Å². The molecule has 2 aliphatic heterocycles. The van der Waals surface area contributed by atoms with Crippen LogP contribution in [0, 0.1) is 5.92 Å². The minimum atomic E-state index is -0.911. The fraction of sp³-hybridized carbons (Fsp3) is 0.818. The van der Waals surface area contributed by atoms with Crippen LogP contribution in [-0.4, -0.2) is 47.2 Å². The first-order valence-corrected chi connectivity index (χ1v) is 7.06. The highest BCUT2D eigenvalue weighted by atomic mass is 32.2. The first kappa shape index (κ1) is 12.7. The van der Waals surface area contributed by atoms with Gasteiger partial charge in [-0.25, -0.2) is 4.79 Å². The Balaban J connectivity index is 1.68. The number of aliphatic carboxylic acids is 1. The molecule has 0 aliphatic carbocycles. The second kappa shape index (κ2) is 5.73. The van der Waals surface area contributed by atoms with E-state index < -0.39 is 12.1 Å². The van der Waals surface area contributed by atoms with Gasteiger partial charge in [-0.05, 0) is 25.0 Å². The first-order chi connectivity index (χ1) is 8.16. The second-order valence-corrected chi connectivity index (χ2v) is 5.62. The van der Waals surface area contributed by atoms with Crippen LogP contribution in [0.1, 0.15) is 19.3 Å². The van der Waals surface area contributed by atoms with Crippen molar-refractivity contribution in [3.8, 4) is 0 Å². The summed E-state index contributed by atoms with van der Waals surface area (Å²) in [5.74, 6) is 1.24. The average Bonchev–Trinajstić information content (AvgIpc) is 2.97. The largest absolute Gasteiger partial charge is 0.479 e. The molecule has 0 radical (unpaired) electrons. The van der Waals surface area contributed by atoms with Gasteiger partial charge in [0.05, 0.1) is 6.10 Å². The van der Waals surface area contributed by atoms with E-state index in [1.54, 1.807) is 11.8 Å². The third kappa shape index (κ3) is 3.35. The summed E-state index contributed by atoms with van der Waals surface area (Å²) in [6, 6.07) is 0. The third-order valence-electron chi connectivity index (χ3n) is 3.19. The standard InChI is InChI=1S/C11H17NO4S/c13-10(7-3-4-17-6-7)12-5-8-1-2-9(16-8)11(14)15/h7-9H,1-6H2,(H,12,13)(H,14,15). The molecule has 6 heteroatoms. The molecule has 17 heavy (non-hydrogen) atoms. The van der Waals surface area contributed by atoms with Crippen molar-refractivity contribution in [2.24, 2.45) is 5.92 Å². The summed E-state index contributed by atoms with van der Waals surface area (Å²) in [6.45, 7) is 0.434. The highest BCUT2D eigenvalue weighted by Crippen LogP contribution is 2.24. The number of ether oxygens (including phenoxy) is 1. The molecular weight excluding hydrogens is 242 g/mol. The maximum Gasteiger partial charge on any atom is 0.332 e. The van der Waals surface area contributed by atoms with Gasteiger partial charge in [0.2, 0.25) is 5.91 Å². The van der Waals surface area contributed by atoms with E-state index in [-0.39, 0.29) is 17.9 Å². The molecule has 0 aromatic rings. The monoisotopic (exact) mass is 259 g/mol. The van der Waals surface area contributed by atoms with Crippen molar-refractivity contribution in [2.45, 2.75) is 31.5 Å². The number of carbonyl (C=O) groups is 2. The van der Waals surface area contributed by atoms with E-state index in [0.29, 0.717) is 19.4 Å². The smallest absolute Gasteiger partial charge is 0.332 e. The van der Waals surface area contributed by atoms with Crippen LogP contribution in [0.5, 0.6) is 0 Å². The van der Waals surface area contributed by atoms with Crippen molar-refractivity contribution in [3.05, 3.63) is 0 Å². The number of hydrogen-bond donors (Lipinski definition) is 2. The lowest BCUT2D eigenvalue weighted by Gasteiger charge is -2.14. The van der Waals surface area contributed by atoms with Crippen LogP contribution in [0.3, 0.4) is 0 Å². The zero-order chi connectivity index (χ0) is 12.3. The SMILES string of the molecule is O=C(NCC1CCC(C(=O)O)O1)C1CCSC1. The van der Waals surface area contributed by atoms with Gasteiger partial charge in [-0.1, -0.05) is 0 Å². The number of amides is 1. The van der Waals surface area contributed by atoms with E-state index in [4.69, 9.17) is 9.84 Å². The zero-order valence-electron chi connectivity index (χ0n) is 9.55. The maximum atomic E-state index is 11.7. The Kier molecular flexibility index (Phi) is 4.28. The Morgan fingerprint density at radius 2 is 2.18 bits per heavy atom. The lowest BCUT2D eigenvalue weighted by Crippen LogP contribution is -2.36. The molecular formula is C11H17NO4S. The van der Waals surface area contributed by atoms with Crippen molar-refractivity contribution in [1.82, 2.24) is 5.32 Å². The summed E-state index contributed by atoms with van der Waals surface area (Å²) in [5, 5.41) is 11.6. The highest BCUT2D eigenvalue weighted by Gasteiger charge is 2.31. The summed E-state index contributed by atoms with van der Waals surface area (Å²) >= 11 is 1.80. The molecule has 0 saturated carbocycles. The van der Waals surface area contributed by atoms with Gasteiger partial charge in [0.25, 0.3) is 0 Å². The number of hydrogen-bond acceptors (Lipinski definition) is 4. The lowest BCUT2D eigenvalue weighted by atomic mass is 10.1. The van der Waals surface area contributed by atoms with E-state index in [9.17, 15) is 9.59 Å². The maximum absolute atomic E-state index is 11.7. The van der Waals surface area contributed by atoms with Gasteiger partial charge < -0.3 is 15.2 Å². The molecule has 2 N–H and O–H groups in total. The van der Waals surface area contributed by atoms with Crippen molar-refractivity contribution < 1.29 is 19.4 Å². The minimum absolute atomic E-state index is 0.0809. The molecule has 2 fully saturated rings. The summed E-state index contributed by atoms with van der Waals surface area (Å²) < 4.78 is 5.32. The molecule has 2 rings (SSSR count). The van der Waals surface area contributed by atoms with E-state index in [0.717, 1.165) is 17.9 Å². The molecule has 1 amide bonds. The summed E-state index contributed by atoms with van der Waals surface area (Å²) in [4.78, 5) is 22.4. The Labute approximate surface area is 104 Å². The fourth-order valence-corrected chi connectivity index (χ4v) is 3.36. The molecule has 0 aromatic carbocycles. The third-order valence-corrected chi connectivity index (χ3v) is 4.35. The number of carbonyl (C=O) groups excluding carboxylic acids is 1. The Hall–Kier alpha value is -0.750. The number of carboxylic acids is 1. The van der Waals surface area contributed by atoms with Crippen molar-refractivity contribution in [3.63, 3.8) is 0 Å². The van der Waals surface area contributed by atoms with E-state index in [1.165, 1.54) is 0 Å². The normalized spacial score (nSPS) is 32.6. The number of nitrogens with one attached hydrogen (secondary N) is 1. The molecule has 3 atom stereocenters. The van der Waals surface area contributed by atoms with Crippen LogP contribution in [0.2, 0.25) is 0 Å². The minimum Gasteiger partial charge on any atom is -0.479 e. The summed E-state index contributed by atoms with van der Waals surface area (Å²) in [5.41, 5.74) is 0. The Morgan fingerprint density at radius 1 is 1.35 bits per heavy atom. The van der Waals surface area contributed by atoms with E-state index in [2.05, 4.69) is 5.32 Å². The van der Waals surface area contributed by atoms with Gasteiger partial charge in [0.1, 0.15) is 0 Å². The first-order valence-electron chi connectivity index (χ1n) is 5.90. The predicted octanol–water partition coefficient (Wildman–Crippen LogP) is 0.488. The Bertz CT molecular complexity index is 304. The molecule has 0 aromatic heterocycles. The van der Waals surface area contributed by atoms with Gasteiger partial charge in [-0.3, -0.25) is 4.79 Å². The molecule has 96 valence electrons. The quantitative estimate of drug-likeness (QED) is 0.768. The molecule has 2 aliphatic rings. The molecule has 2 heterocycles. The fourth-order valence-electron chi connectivity index (χ4n) is 2.14. The molecule has 3 unspecified atom stereocenters. The van der Waals surface area contributed by atoms with E-state index in [1.807, 2.05) is 0 Å². The Morgan fingerprint density at radius 3 is 2.76 bits per heavy atom. The average molecular weight is 259 g/mol. The van der Waals surface area contributed by atoms with Crippen LogP contribution in [-0.2, 0) is 14.3 Å². The highest BCUT2D eigenvalue weighted by molar-refractivity contribution is 7.99. The van der Waals surface area contributed by atoms with Gasteiger partial charge in [-0.15, -0.1) is 0 Å². The summed E-state index contributed by atoms with van der Waals surface area (Å²) in [7, 11) is 0. The van der Waals surface area contributed by atoms with E-state index >= 15 is 0 Å². The van der Waals surface area contributed by atoms with Crippen LogP contribution < -0.4 is 5.32 Å². The molecule has 2 saturated heterocycles. The van der Waals surface area contributed by atoms with Gasteiger partial charge in [-0.2, -0.15) is 11.8 Å². The topological polar surface area (TPSA) is 75.6 Å². The lowest BCUT2D eigenvalue weighted by molar-refractivity contribution is -0.149. The van der Waals surface area contributed by atoms with Gasteiger partial charge >= 0.3 is 5.97 Å². The molecule has 0 spiro atoms. The summed E-state index contributed by atoms with van der Waals surface area (Å²) in [6.07, 6.45) is 1.35. The van der Waals surface area contributed by atoms with Crippen molar-refractivity contribution >= 4 is 23.6 Å². The van der Waals surface area contributed by atoms with Crippen molar-refractivity contribution in [1.29, 1.82) is 0 Å². The number of carboxylic acid groups (broad SMARTS) is 1. The zero-order valence-corrected chi connectivity index (χ0v) is 10.4. The molecule has 0 bridgehead atoms.